The molecule has 0 saturated heterocycles. The molecule has 16 heavy (non-hydrogen) atoms. The van der Waals surface area contributed by atoms with Gasteiger partial charge < -0.3 is 14.8 Å². The van der Waals surface area contributed by atoms with Crippen LogP contribution in [0.25, 0.3) is 0 Å². The lowest BCUT2D eigenvalue weighted by Crippen LogP contribution is -2.14. The quantitative estimate of drug-likeness (QED) is 0.572. The zero-order valence-electron chi connectivity index (χ0n) is 9.54. The Morgan fingerprint density at radius 1 is 1.31 bits per heavy atom. The van der Waals surface area contributed by atoms with E-state index < -0.39 is 0 Å². The Kier molecular flexibility index (Phi) is 4.19. The summed E-state index contributed by atoms with van der Waals surface area (Å²) in [7, 11) is 0. The molecule has 0 unspecified atom stereocenters. The summed E-state index contributed by atoms with van der Waals surface area (Å²) >= 11 is 0. The van der Waals surface area contributed by atoms with Crippen molar-refractivity contribution in [1.29, 1.82) is 0 Å². The predicted octanol–water partition coefficient (Wildman–Crippen LogP) is 2.36. The first kappa shape index (κ1) is 11.4. The molecular formula is C13H19NO2. The summed E-state index contributed by atoms with van der Waals surface area (Å²) in [6.07, 6.45) is 7.36. The van der Waals surface area contributed by atoms with Crippen LogP contribution in [0.2, 0.25) is 0 Å². The minimum absolute atomic E-state index is 0.0209. The third-order valence-electron chi connectivity index (χ3n) is 2.93. The van der Waals surface area contributed by atoms with E-state index >= 15 is 0 Å². The molecule has 0 radical (unpaired) electrons. The van der Waals surface area contributed by atoms with Crippen LogP contribution >= 0.6 is 0 Å². The second kappa shape index (κ2) is 5.87. The van der Waals surface area contributed by atoms with E-state index in [-0.39, 0.29) is 6.61 Å². The molecule has 1 aliphatic rings. The Bertz CT molecular complexity index is 355. The monoisotopic (exact) mass is 221 g/mol. The summed E-state index contributed by atoms with van der Waals surface area (Å²) in [6.45, 7) is 1.72. The smallest absolute Gasteiger partial charge is 0.129 e. The largest absolute Gasteiger partial charge is 0.462 e. The molecule has 0 spiro atoms. The van der Waals surface area contributed by atoms with Crippen LogP contribution in [0.5, 0.6) is 0 Å². The van der Waals surface area contributed by atoms with Crippen molar-refractivity contribution in [3.8, 4) is 0 Å². The van der Waals surface area contributed by atoms with E-state index in [1.807, 2.05) is 12.1 Å². The summed E-state index contributed by atoms with van der Waals surface area (Å²) in [5, 5.41) is 12.2. The zero-order chi connectivity index (χ0) is 11.2. The fourth-order valence-corrected chi connectivity index (χ4v) is 2.03. The van der Waals surface area contributed by atoms with Gasteiger partial charge in [-0.15, -0.1) is 0 Å². The van der Waals surface area contributed by atoms with Gasteiger partial charge in [0.05, 0.1) is 6.54 Å². The molecule has 2 N–H and O–H groups in total. The minimum atomic E-state index is -0.0209. The number of hydrogen-bond acceptors (Lipinski definition) is 3. The lowest BCUT2D eigenvalue weighted by atomic mass is 10.2. The standard InChI is InChI=1S/C13H19NO2/c15-10-13-6-5-12(16-13)9-14-8-7-11-3-1-2-4-11/h3,5-6,14-15H,1-2,4,7-10H2. The van der Waals surface area contributed by atoms with Crippen molar-refractivity contribution in [2.75, 3.05) is 6.54 Å². The third kappa shape index (κ3) is 3.22. The van der Waals surface area contributed by atoms with E-state index in [9.17, 15) is 0 Å². The molecule has 3 nitrogen and oxygen atoms in total. The summed E-state index contributed by atoms with van der Waals surface area (Å²) < 4.78 is 5.38. The number of aliphatic hydroxyl groups excluding tert-OH is 1. The summed E-state index contributed by atoms with van der Waals surface area (Å²) in [5.74, 6) is 1.53. The van der Waals surface area contributed by atoms with Crippen molar-refractivity contribution in [3.63, 3.8) is 0 Å². The number of rotatable bonds is 6. The van der Waals surface area contributed by atoms with Gasteiger partial charge in [0.1, 0.15) is 18.1 Å². The highest BCUT2D eigenvalue weighted by atomic mass is 16.4. The van der Waals surface area contributed by atoms with E-state index in [2.05, 4.69) is 11.4 Å². The number of nitrogens with one attached hydrogen (secondary N) is 1. The maximum absolute atomic E-state index is 8.84. The maximum Gasteiger partial charge on any atom is 0.129 e. The Labute approximate surface area is 96.2 Å². The van der Waals surface area contributed by atoms with Gasteiger partial charge in [-0.05, 0) is 44.4 Å². The first-order valence-corrected chi connectivity index (χ1v) is 5.95. The Morgan fingerprint density at radius 2 is 2.19 bits per heavy atom. The lowest BCUT2D eigenvalue weighted by molar-refractivity contribution is 0.243. The van der Waals surface area contributed by atoms with Gasteiger partial charge in [-0.2, -0.15) is 0 Å². The molecule has 0 atom stereocenters. The predicted molar refractivity (Wildman–Crippen MR) is 62.9 cm³/mol. The highest BCUT2D eigenvalue weighted by Crippen LogP contribution is 2.19. The normalized spacial score (nSPS) is 15.4. The number of furan rings is 1. The second-order valence-corrected chi connectivity index (χ2v) is 4.21. The molecule has 88 valence electrons. The Morgan fingerprint density at radius 3 is 2.88 bits per heavy atom. The highest BCUT2D eigenvalue weighted by molar-refractivity contribution is 5.08. The second-order valence-electron chi connectivity index (χ2n) is 4.21. The SMILES string of the molecule is OCc1ccc(CNCCC2=CCCC2)o1. The van der Waals surface area contributed by atoms with Crippen LogP contribution in [0, 0.1) is 0 Å². The van der Waals surface area contributed by atoms with E-state index in [1.54, 1.807) is 5.57 Å². The Hall–Kier alpha value is -1.06. The molecule has 0 bridgehead atoms. The van der Waals surface area contributed by atoms with Gasteiger partial charge in [0.25, 0.3) is 0 Å². The van der Waals surface area contributed by atoms with Gasteiger partial charge in [0.2, 0.25) is 0 Å². The fraction of sp³-hybridized carbons (Fsp3) is 0.538. The minimum Gasteiger partial charge on any atom is -0.462 e. The van der Waals surface area contributed by atoms with Gasteiger partial charge >= 0.3 is 0 Å². The van der Waals surface area contributed by atoms with Crippen molar-refractivity contribution in [2.45, 2.75) is 38.8 Å². The van der Waals surface area contributed by atoms with E-state index in [4.69, 9.17) is 9.52 Å². The van der Waals surface area contributed by atoms with Gasteiger partial charge in [-0.1, -0.05) is 11.6 Å². The van der Waals surface area contributed by atoms with Gasteiger partial charge in [0, 0.05) is 0 Å². The molecular weight excluding hydrogens is 202 g/mol. The van der Waals surface area contributed by atoms with Crippen molar-refractivity contribution in [1.82, 2.24) is 5.32 Å². The van der Waals surface area contributed by atoms with Gasteiger partial charge in [0.15, 0.2) is 0 Å². The fourth-order valence-electron chi connectivity index (χ4n) is 2.03. The Balaban J connectivity index is 1.63. The van der Waals surface area contributed by atoms with Gasteiger partial charge in [-0.3, -0.25) is 0 Å². The molecule has 1 aromatic heterocycles. The van der Waals surface area contributed by atoms with E-state index in [1.165, 1.54) is 19.3 Å². The van der Waals surface area contributed by atoms with E-state index in [0.717, 1.165) is 25.3 Å². The van der Waals surface area contributed by atoms with Crippen LogP contribution in [0.15, 0.2) is 28.2 Å². The van der Waals surface area contributed by atoms with Crippen molar-refractivity contribution in [3.05, 3.63) is 35.3 Å². The van der Waals surface area contributed by atoms with Crippen LogP contribution in [0.1, 0.15) is 37.2 Å². The van der Waals surface area contributed by atoms with Gasteiger partial charge in [-0.25, -0.2) is 0 Å². The molecule has 0 saturated carbocycles. The third-order valence-corrected chi connectivity index (χ3v) is 2.93. The number of hydrogen-bond donors (Lipinski definition) is 2. The average molecular weight is 221 g/mol. The molecule has 3 heteroatoms. The van der Waals surface area contributed by atoms with Crippen molar-refractivity contribution < 1.29 is 9.52 Å². The molecule has 1 aromatic rings. The molecule has 0 aromatic carbocycles. The first-order valence-electron chi connectivity index (χ1n) is 5.95. The van der Waals surface area contributed by atoms with Crippen LogP contribution in [-0.4, -0.2) is 11.7 Å². The van der Waals surface area contributed by atoms with Crippen molar-refractivity contribution >= 4 is 0 Å². The lowest BCUT2D eigenvalue weighted by Gasteiger charge is -2.03. The highest BCUT2D eigenvalue weighted by Gasteiger charge is 2.04. The number of allylic oxidation sites excluding steroid dienone is 1. The topological polar surface area (TPSA) is 45.4 Å². The number of aliphatic hydroxyl groups is 1. The molecule has 1 aliphatic carbocycles. The molecule has 1 heterocycles. The van der Waals surface area contributed by atoms with E-state index in [0.29, 0.717) is 5.76 Å². The van der Waals surface area contributed by atoms with Crippen LogP contribution in [-0.2, 0) is 13.2 Å². The zero-order valence-corrected chi connectivity index (χ0v) is 9.54. The molecule has 2 rings (SSSR count). The summed E-state index contributed by atoms with van der Waals surface area (Å²) in [6, 6.07) is 3.73. The van der Waals surface area contributed by atoms with Crippen molar-refractivity contribution in [2.24, 2.45) is 0 Å². The summed E-state index contributed by atoms with van der Waals surface area (Å²) in [4.78, 5) is 0. The first-order chi connectivity index (χ1) is 7.88. The van der Waals surface area contributed by atoms with Crippen LogP contribution in [0.3, 0.4) is 0 Å². The maximum atomic E-state index is 8.84. The molecule has 0 aliphatic heterocycles. The summed E-state index contributed by atoms with van der Waals surface area (Å²) in [5.41, 5.74) is 1.59. The molecule has 0 fully saturated rings. The van der Waals surface area contributed by atoms with Crippen LogP contribution < -0.4 is 5.32 Å². The van der Waals surface area contributed by atoms with Crippen LogP contribution in [0.4, 0.5) is 0 Å². The average Bonchev–Trinajstić information content (AvgIpc) is 2.95. The molecule has 0 amide bonds.